The van der Waals surface area contributed by atoms with Crippen LogP contribution in [0, 0.1) is 11.3 Å². The van der Waals surface area contributed by atoms with Crippen LogP contribution < -0.4 is 4.74 Å². The molecule has 0 amide bonds. The van der Waals surface area contributed by atoms with Crippen molar-refractivity contribution in [2.45, 2.75) is 97.5 Å². The summed E-state index contributed by atoms with van der Waals surface area (Å²) in [5.74, 6) is 1.49. The number of carbonyl (C=O) groups excluding carboxylic acids is 1. The van der Waals surface area contributed by atoms with E-state index in [0.717, 1.165) is 80.7 Å². The van der Waals surface area contributed by atoms with E-state index in [9.17, 15) is 9.90 Å². The number of aliphatic imine (C=N–C) groups is 1. The van der Waals surface area contributed by atoms with E-state index in [1.54, 1.807) is 0 Å². The van der Waals surface area contributed by atoms with Gasteiger partial charge in [0.05, 0.1) is 29.8 Å². The number of likely N-dealkylation sites (tertiary alicyclic amines) is 1. The molecule has 7 nitrogen and oxygen atoms in total. The molecule has 1 aromatic carbocycles. The molecule has 2 aliphatic heterocycles. The summed E-state index contributed by atoms with van der Waals surface area (Å²) in [4.78, 5) is 30.7. The number of hydrogen-bond acceptors (Lipinski definition) is 7. The summed E-state index contributed by atoms with van der Waals surface area (Å²) in [5.41, 5.74) is 8.58. The van der Waals surface area contributed by atoms with E-state index in [0.29, 0.717) is 37.0 Å². The van der Waals surface area contributed by atoms with Crippen LogP contribution in [0.15, 0.2) is 53.7 Å². The molecule has 244 valence electrons. The smallest absolute Gasteiger partial charge is 0.213 e. The van der Waals surface area contributed by atoms with Crippen molar-refractivity contribution >= 4 is 17.2 Å². The Morgan fingerprint density at radius 1 is 1.04 bits per heavy atom. The van der Waals surface area contributed by atoms with Gasteiger partial charge in [-0.15, -0.1) is 0 Å². The molecule has 4 heterocycles. The molecule has 0 radical (unpaired) electrons. The van der Waals surface area contributed by atoms with Crippen LogP contribution >= 0.6 is 0 Å². The van der Waals surface area contributed by atoms with E-state index in [2.05, 4.69) is 67.9 Å². The number of aliphatic hydroxyl groups is 1. The Labute approximate surface area is 274 Å². The molecule has 1 saturated heterocycles. The number of aromatic nitrogens is 2. The van der Waals surface area contributed by atoms with Gasteiger partial charge in [0.1, 0.15) is 0 Å². The largest absolute Gasteiger partial charge is 0.478 e. The molecule has 2 aromatic heterocycles. The summed E-state index contributed by atoms with van der Waals surface area (Å²) >= 11 is 0. The number of hydrogen-bond donors (Lipinski definition) is 1. The second kappa shape index (κ2) is 14.1. The zero-order chi connectivity index (χ0) is 32.3. The second-order valence-electron chi connectivity index (χ2n) is 14.6. The highest BCUT2D eigenvalue weighted by Crippen LogP contribution is 2.39. The molecular formula is C39H50N4O3. The van der Waals surface area contributed by atoms with Gasteiger partial charge in [-0.2, -0.15) is 0 Å². The molecule has 0 spiro atoms. The maximum Gasteiger partial charge on any atom is 0.213 e. The van der Waals surface area contributed by atoms with Crippen molar-refractivity contribution in [3.63, 3.8) is 0 Å². The van der Waals surface area contributed by atoms with Gasteiger partial charge in [0.25, 0.3) is 0 Å². The van der Waals surface area contributed by atoms with Crippen LogP contribution in [0.3, 0.4) is 0 Å². The minimum Gasteiger partial charge on any atom is -0.478 e. The highest BCUT2D eigenvalue weighted by molar-refractivity contribution is 6.41. The number of ketones is 1. The lowest BCUT2D eigenvalue weighted by atomic mass is 9.71. The molecule has 2 atom stereocenters. The SMILES string of the molecule is CCCOc1ccc(-c2ccc([C@@H](CCN3CCC(O)CC3)CC(=O)C3=Nc4cc5c(nc4C3)CC[C@H](C(C)(C)C)C5)cc2)cn1. The Hall–Kier alpha value is -3.42. The van der Waals surface area contributed by atoms with Gasteiger partial charge in [-0.1, -0.05) is 52.0 Å². The van der Waals surface area contributed by atoms with Crippen molar-refractivity contribution in [2.75, 3.05) is 26.2 Å². The van der Waals surface area contributed by atoms with Crippen LogP contribution in [0.1, 0.15) is 94.7 Å². The van der Waals surface area contributed by atoms with Crippen molar-refractivity contribution in [2.24, 2.45) is 16.3 Å². The molecule has 6 rings (SSSR count). The first-order valence-electron chi connectivity index (χ1n) is 17.4. The molecule has 7 heteroatoms. The molecule has 0 bridgehead atoms. The summed E-state index contributed by atoms with van der Waals surface area (Å²) in [5, 5.41) is 9.99. The highest BCUT2D eigenvalue weighted by Gasteiger charge is 2.32. The number of carbonyl (C=O) groups is 1. The monoisotopic (exact) mass is 622 g/mol. The Kier molecular flexibility index (Phi) is 10.00. The standard InChI is InChI=1S/C39H50N4O3/c1-5-20-46-38-13-10-29(25-40-38)27-8-6-26(7-9-27)28(14-17-43-18-15-32(44)16-19-43)23-37(45)36-24-35-34(42-36)22-30-21-31(39(2,3)4)11-12-33(30)41-35/h6-10,13,22,25,28,31-32,44H,5,11-12,14-21,23-24H2,1-4H3/t28-,31-/m0/s1. The van der Waals surface area contributed by atoms with Gasteiger partial charge in [0, 0.05) is 49.5 Å². The average Bonchev–Trinajstić information content (AvgIpc) is 3.48. The summed E-state index contributed by atoms with van der Waals surface area (Å²) < 4.78 is 5.65. The number of Topliss-reactive ketones (excluding diaryl/α,β-unsaturated/α-hetero) is 1. The molecule has 1 fully saturated rings. The number of nitrogens with zero attached hydrogens (tertiary/aromatic N) is 4. The number of aryl methyl sites for hydroxylation is 1. The molecule has 1 aliphatic carbocycles. The lowest BCUT2D eigenvalue weighted by Gasteiger charge is -2.34. The van der Waals surface area contributed by atoms with E-state index in [1.165, 1.54) is 23.2 Å². The first kappa shape index (κ1) is 32.5. The van der Waals surface area contributed by atoms with Gasteiger partial charge in [0.2, 0.25) is 5.88 Å². The predicted molar refractivity (Wildman–Crippen MR) is 184 cm³/mol. The van der Waals surface area contributed by atoms with Crippen molar-refractivity contribution in [3.8, 4) is 17.0 Å². The van der Waals surface area contributed by atoms with Crippen LogP contribution in [0.4, 0.5) is 5.69 Å². The molecule has 0 saturated carbocycles. The molecular weight excluding hydrogens is 572 g/mol. The molecule has 46 heavy (non-hydrogen) atoms. The number of rotatable bonds is 11. The van der Waals surface area contributed by atoms with Gasteiger partial charge in [0.15, 0.2) is 5.78 Å². The third kappa shape index (κ3) is 7.75. The van der Waals surface area contributed by atoms with Crippen LogP contribution in [-0.2, 0) is 24.1 Å². The first-order valence-corrected chi connectivity index (χ1v) is 17.4. The number of pyridine rings is 2. The maximum absolute atomic E-state index is 13.9. The fourth-order valence-electron chi connectivity index (χ4n) is 7.17. The summed E-state index contributed by atoms with van der Waals surface area (Å²) in [7, 11) is 0. The molecule has 1 N–H and O–H groups in total. The second-order valence-corrected chi connectivity index (χ2v) is 14.6. The predicted octanol–water partition coefficient (Wildman–Crippen LogP) is 7.30. The third-order valence-electron chi connectivity index (χ3n) is 10.3. The van der Waals surface area contributed by atoms with Crippen molar-refractivity contribution in [3.05, 3.63) is 71.2 Å². The quantitative estimate of drug-likeness (QED) is 0.241. The fourth-order valence-corrected chi connectivity index (χ4v) is 7.17. The van der Waals surface area contributed by atoms with Gasteiger partial charge in [-0.25, -0.2) is 9.98 Å². The number of piperidine rings is 1. The average molecular weight is 623 g/mol. The number of ether oxygens (including phenoxy) is 1. The zero-order valence-corrected chi connectivity index (χ0v) is 28.1. The van der Waals surface area contributed by atoms with Gasteiger partial charge >= 0.3 is 0 Å². The number of aliphatic hydroxyl groups excluding tert-OH is 1. The van der Waals surface area contributed by atoms with Crippen LogP contribution in [0.2, 0.25) is 0 Å². The van der Waals surface area contributed by atoms with Crippen molar-refractivity contribution < 1.29 is 14.6 Å². The summed E-state index contributed by atoms with van der Waals surface area (Å²) in [6.07, 6.45) is 9.31. The third-order valence-corrected chi connectivity index (χ3v) is 10.3. The van der Waals surface area contributed by atoms with Crippen LogP contribution in [-0.4, -0.2) is 63.8 Å². The van der Waals surface area contributed by atoms with Gasteiger partial charge in [-0.05, 0) is 97.6 Å². The van der Waals surface area contributed by atoms with Gasteiger partial charge < -0.3 is 14.7 Å². The van der Waals surface area contributed by atoms with E-state index in [4.69, 9.17) is 14.7 Å². The minimum atomic E-state index is -0.191. The zero-order valence-electron chi connectivity index (χ0n) is 28.1. The first-order chi connectivity index (χ1) is 22.2. The van der Waals surface area contributed by atoms with E-state index in [-0.39, 0.29) is 23.2 Å². The van der Waals surface area contributed by atoms with E-state index >= 15 is 0 Å². The normalized spacial score (nSPS) is 19.3. The van der Waals surface area contributed by atoms with Crippen molar-refractivity contribution in [1.82, 2.24) is 14.9 Å². The van der Waals surface area contributed by atoms with Crippen LogP contribution in [0.5, 0.6) is 5.88 Å². The topological polar surface area (TPSA) is 87.9 Å². The van der Waals surface area contributed by atoms with Crippen LogP contribution in [0.25, 0.3) is 11.1 Å². The number of fused-ring (bicyclic) bond motifs is 2. The minimum absolute atomic E-state index is 0.0801. The lowest BCUT2D eigenvalue weighted by molar-refractivity contribution is -0.113. The summed E-state index contributed by atoms with van der Waals surface area (Å²) in [6.45, 7) is 12.4. The Bertz CT molecular complexity index is 1530. The highest BCUT2D eigenvalue weighted by atomic mass is 16.5. The molecule has 0 unspecified atom stereocenters. The van der Waals surface area contributed by atoms with E-state index in [1.807, 2.05) is 18.3 Å². The maximum atomic E-state index is 13.9. The number of benzene rings is 1. The Morgan fingerprint density at radius 2 is 1.80 bits per heavy atom. The lowest BCUT2D eigenvalue weighted by Crippen LogP contribution is -2.37. The van der Waals surface area contributed by atoms with E-state index < -0.39 is 0 Å². The molecule has 3 aromatic rings. The summed E-state index contributed by atoms with van der Waals surface area (Å²) in [6, 6.07) is 14.8. The van der Waals surface area contributed by atoms with Gasteiger partial charge in [-0.3, -0.25) is 9.78 Å². The Balaban J connectivity index is 1.17. The Morgan fingerprint density at radius 3 is 2.50 bits per heavy atom. The molecule has 3 aliphatic rings. The fraction of sp³-hybridized carbons (Fsp3) is 0.538. The van der Waals surface area contributed by atoms with Crippen molar-refractivity contribution in [1.29, 1.82) is 0 Å².